The Morgan fingerprint density at radius 3 is 2.77 bits per heavy atom. The lowest BCUT2D eigenvalue weighted by Crippen LogP contribution is -2.44. The van der Waals surface area contributed by atoms with Gasteiger partial charge in [0, 0.05) is 64.3 Å². The van der Waals surface area contributed by atoms with Crippen LogP contribution in [0.3, 0.4) is 0 Å². The predicted molar refractivity (Wildman–Crippen MR) is 133 cm³/mol. The maximum atomic E-state index is 11.9. The second-order valence-electron chi connectivity index (χ2n) is 7.66. The van der Waals surface area contributed by atoms with Crippen LogP contribution < -0.4 is 15.4 Å². The number of carbonyl (C=O) groups is 1. The number of carbonyl (C=O) groups excluding carboxylic acids is 1. The van der Waals surface area contributed by atoms with Crippen molar-refractivity contribution in [2.24, 2.45) is 4.99 Å². The third-order valence-corrected chi connectivity index (χ3v) is 5.60. The number of halogens is 1. The molecule has 31 heavy (non-hydrogen) atoms. The minimum absolute atomic E-state index is 0. The zero-order chi connectivity index (χ0) is 21.2. The molecule has 0 radical (unpaired) electrons. The molecule has 0 aromatic heterocycles. The second-order valence-corrected chi connectivity index (χ2v) is 7.66. The maximum Gasteiger partial charge on any atom is 0.222 e. The van der Waals surface area contributed by atoms with Crippen molar-refractivity contribution in [2.75, 3.05) is 59.6 Å². The average Bonchev–Trinajstić information content (AvgIpc) is 3.26. The quantitative estimate of drug-likeness (QED) is 0.294. The van der Waals surface area contributed by atoms with Gasteiger partial charge in [-0.2, -0.15) is 0 Å². The third-order valence-electron chi connectivity index (χ3n) is 5.60. The van der Waals surface area contributed by atoms with E-state index in [1.54, 1.807) is 7.05 Å². The van der Waals surface area contributed by atoms with Crippen LogP contribution in [0, 0.1) is 0 Å². The molecule has 0 bridgehead atoms. The van der Waals surface area contributed by atoms with E-state index in [4.69, 9.17) is 9.47 Å². The highest BCUT2D eigenvalue weighted by Crippen LogP contribution is 2.18. The Morgan fingerprint density at radius 1 is 1.26 bits per heavy atom. The molecule has 8 nitrogen and oxygen atoms in total. The largest absolute Gasteiger partial charge is 0.492 e. The highest BCUT2D eigenvalue weighted by Gasteiger charge is 2.25. The molecule has 1 unspecified atom stereocenters. The highest BCUT2D eigenvalue weighted by molar-refractivity contribution is 14.0. The van der Waals surface area contributed by atoms with E-state index in [-0.39, 0.29) is 35.9 Å². The molecule has 2 aliphatic heterocycles. The first-order valence-corrected chi connectivity index (χ1v) is 11.0. The van der Waals surface area contributed by atoms with Gasteiger partial charge < -0.3 is 25.0 Å². The molecule has 1 atom stereocenters. The van der Waals surface area contributed by atoms with Crippen LogP contribution in [0.15, 0.2) is 29.3 Å². The number of para-hydroxylation sites is 1. The van der Waals surface area contributed by atoms with Crippen molar-refractivity contribution in [3.05, 3.63) is 29.8 Å². The van der Waals surface area contributed by atoms with Crippen LogP contribution in [-0.4, -0.2) is 87.3 Å². The first-order chi connectivity index (χ1) is 14.7. The molecule has 1 amide bonds. The first kappa shape index (κ1) is 25.7. The number of nitrogens with zero attached hydrogens (tertiary/aromatic N) is 3. The number of morpholine rings is 1. The van der Waals surface area contributed by atoms with Crippen molar-refractivity contribution in [2.45, 2.75) is 32.4 Å². The Bertz CT molecular complexity index is 712. The number of likely N-dealkylation sites (tertiary alicyclic amines) is 1. The van der Waals surface area contributed by atoms with Gasteiger partial charge in [-0.05, 0) is 12.5 Å². The fourth-order valence-electron chi connectivity index (χ4n) is 3.80. The Morgan fingerprint density at radius 2 is 2.03 bits per heavy atom. The lowest BCUT2D eigenvalue weighted by molar-refractivity contribution is -0.129. The summed E-state index contributed by atoms with van der Waals surface area (Å²) in [5.74, 6) is 1.86. The third kappa shape index (κ3) is 8.12. The molecule has 1 aromatic carbocycles. The number of hydrogen-bond acceptors (Lipinski definition) is 5. The van der Waals surface area contributed by atoms with Crippen LogP contribution in [0.25, 0.3) is 0 Å². The second kappa shape index (κ2) is 13.7. The molecule has 174 valence electrons. The van der Waals surface area contributed by atoms with Gasteiger partial charge in [0.25, 0.3) is 0 Å². The molecule has 2 N–H and O–H groups in total. The smallest absolute Gasteiger partial charge is 0.222 e. The molecule has 9 heteroatoms. The average molecular weight is 545 g/mol. The Labute approximate surface area is 202 Å². The van der Waals surface area contributed by atoms with Crippen molar-refractivity contribution in [1.82, 2.24) is 20.4 Å². The van der Waals surface area contributed by atoms with Gasteiger partial charge in [-0.1, -0.05) is 25.1 Å². The van der Waals surface area contributed by atoms with E-state index in [2.05, 4.69) is 26.6 Å². The monoisotopic (exact) mass is 545 g/mol. The summed E-state index contributed by atoms with van der Waals surface area (Å²) in [6, 6.07) is 8.33. The van der Waals surface area contributed by atoms with Gasteiger partial charge in [0.05, 0.1) is 13.2 Å². The van der Waals surface area contributed by atoms with Crippen LogP contribution in [-0.2, 0) is 16.1 Å². The number of ether oxygens (including phenoxy) is 2. The Kier molecular flexibility index (Phi) is 11.4. The molecule has 3 rings (SSSR count). The van der Waals surface area contributed by atoms with Crippen LogP contribution >= 0.6 is 24.0 Å². The fraction of sp³-hybridized carbons (Fsp3) is 0.636. The predicted octanol–water partition coefficient (Wildman–Crippen LogP) is 1.69. The molecule has 2 aliphatic rings. The molecule has 0 saturated carbocycles. The summed E-state index contributed by atoms with van der Waals surface area (Å²) in [6.45, 7) is 9.18. The summed E-state index contributed by atoms with van der Waals surface area (Å²) in [5, 5.41) is 6.82. The standard InChI is InChI=1S/C22H35N5O3.HI/c1-3-21(28)27-9-8-19(17-27)25-22(23-2)24-16-18-6-4-5-7-20(18)30-15-12-26-10-13-29-14-11-26;/h4-7,19H,3,8-17H2,1-2H3,(H2,23,24,25);1H. The molecular formula is C22H36IN5O3. The first-order valence-electron chi connectivity index (χ1n) is 11.0. The zero-order valence-electron chi connectivity index (χ0n) is 18.6. The minimum atomic E-state index is 0. The van der Waals surface area contributed by atoms with E-state index in [0.717, 1.165) is 69.6 Å². The molecule has 0 aliphatic carbocycles. The van der Waals surface area contributed by atoms with Gasteiger partial charge in [0.15, 0.2) is 5.96 Å². The fourth-order valence-corrected chi connectivity index (χ4v) is 3.80. The summed E-state index contributed by atoms with van der Waals surface area (Å²) >= 11 is 0. The zero-order valence-corrected chi connectivity index (χ0v) is 21.0. The summed E-state index contributed by atoms with van der Waals surface area (Å²) < 4.78 is 11.5. The van der Waals surface area contributed by atoms with E-state index in [1.807, 2.05) is 30.0 Å². The molecule has 0 spiro atoms. The van der Waals surface area contributed by atoms with Crippen LogP contribution in [0.2, 0.25) is 0 Å². The van der Waals surface area contributed by atoms with Gasteiger partial charge in [0.2, 0.25) is 5.91 Å². The van der Waals surface area contributed by atoms with E-state index in [1.165, 1.54) is 0 Å². The summed E-state index contributed by atoms with van der Waals surface area (Å²) in [6.07, 6.45) is 1.50. The number of aliphatic imine (C=N–C) groups is 1. The van der Waals surface area contributed by atoms with Crippen LogP contribution in [0.5, 0.6) is 5.75 Å². The maximum absolute atomic E-state index is 11.9. The molecular weight excluding hydrogens is 509 g/mol. The SMILES string of the molecule is CCC(=O)N1CCC(NC(=NC)NCc2ccccc2OCCN2CCOCC2)C1.I. The van der Waals surface area contributed by atoms with Gasteiger partial charge in [-0.15, -0.1) is 24.0 Å². The number of benzene rings is 1. The minimum Gasteiger partial charge on any atom is -0.492 e. The van der Waals surface area contributed by atoms with Crippen molar-refractivity contribution in [3.63, 3.8) is 0 Å². The topological polar surface area (TPSA) is 78.4 Å². The van der Waals surface area contributed by atoms with E-state index < -0.39 is 0 Å². The summed E-state index contributed by atoms with van der Waals surface area (Å²) in [7, 11) is 1.77. The lowest BCUT2D eigenvalue weighted by Gasteiger charge is -2.26. The van der Waals surface area contributed by atoms with E-state index >= 15 is 0 Å². The molecule has 2 saturated heterocycles. The van der Waals surface area contributed by atoms with Gasteiger partial charge in [-0.25, -0.2) is 0 Å². The molecule has 1 aromatic rings. The van der Waals surface area contributed by atoms with Crippen molar-refractivity contribution in [3.8, 4) is 5.75 Å². The summed E-state index contributed by atoms with van der Waals surface area (Å²) in [4.78, 5) is 20.5. The Balaban J connectivity index is 0.00000341. The lowest BCUT2D eigenvalue weighted by atomic mass is 10.2. The van der Waals surface area contributed by atoms with Crippen molar-refractivity contribution in [1.29, 1.82) is 0 Å². The van der Waals surface area contributed by atoms with E-state index in [0.29, 0.717) is 19.6 Å². The number of amides is 1. The molecule has 2 heterocycles. The Hall–Kier alpha value is -1.59. The number of guanidine groups is 1. The number of hydrogen-bond donors (Lipinski definition) is 2. The van der Waals surface area contributed by atoms with Crippen LogP contribution in [0.1, 0.15) is 25.3 Å². The van der Waals surface area contributed by atoms with Crippen molar-refractivity contribution < 1.29 is 14.3 Å². The molecule has 2 fully saturated rings. The van der Waals surface area contributed by atoms with Crippen molar-refractivity contribution >= 4 is 35.8 Å². The summed E-state index contributed by atoms with van der Waals surface area (Å²) in [5.41, 5.74) is 1.09. The van der Waals surface area contributed by atoms with Gasteiger partial charge in [0.1, 0.15) is 12.4 Å². The number of rotatable bonds is 8. The van der Waals surface area contributed by atoms with Gasteiger partial charge >= 0.3 is 0 Å². The van der Waals surface area contributed by atoms with Gasteiger partial charge in [-0.3, -0.25) is 14.7 Å². The van der Waals surface area contributed by atoms with E-state index in [9.17, 15) is 4.79 Å². The normalized spacial score (nSPS) is 19.6. The van der Waals surface area contributed by atoms with Crippen LogP contribution in [0.4, 0.5) is 0 Å². The highest BCUT2D eigenvalue weighted by atomic mass is 127. The number of nitrogens with one attached hydrogen (secondary N) is 2.